The van der Waals surface area contributed by atoms with Crippen LogP contribution in [0.5, 0.6) is 0 Å². The Bertz CT molecular complexity index is 407. The van der Waals surface area contributed by atoms with E-state index in [0.29, 0.717) is 10.8 Å². The van der Waals surface area contributed by atoms with Gasteiger partial charge in [0.2, 0.25) is 0 Å². The number of thioether (sulfide) groups is 1. The number of rotatable bonds is 6. The van der Waals surface area contributed by atoms with Crippen LogP contribution in [0.25, 0.3) is 0 Å². The van der Waals surface area contributed by atoms with Gasteiger partial charge >= 0.3 is 5.97 Å². The second-order valence-corrected chi connectivity index (χ2v) is 6.58. The van der Waals surface area contributed by atoms with E-state index in [1.54, 1.807) is 11.8 Å². The van der Waals surface area contributed by atoms with Gasteiger partial charge in [-0.05, 0) is 24.0 Å². The molecule has 94 valence electrons. The van der Waals surface area contributed by atoms with Crippen LogP contribution in [0, 0.1) is 5.41 Å². The van der Waals surface area contributed by atoms with Gasteiger partial charge in [0.15, 0.2) is 0 Å². The molecule has 0 spiro atoms. The second-order valence-electron chi connectivity index (χ2n) is 4.24. The van der Waals surface area contributed by atoms with Gasteiger partial charge in [-0.1, -0.05) is 16.1 Å². The Morgan fingerprint density at radius 2 is 2.41 bits per heavy atom. The molecule has 0 atom stereocenters. The summed E-state index contributed by atoms with van der Waals surface area (Å²) in [5.41, 5.74) is 1.00. The Kier molecular flexibility index (Phi) is 4.27. The van der Waals surface area contributed by atoms with Crippen molar-refractivity contribution in [1.29, 1.82) is 0 Å². The van der Waals surface area contributed by atoms with Crippen LogP contribution < -0.4 is 0 Å². The maximum Gasteiger partial charge on any atom is 0.306 e. The largest absolute Gasteiger partial charge is 0.469 e. The lowest BCUT2D eigenvalue weighted by atomic mass is 10.1. The molecule has 0 bridgehead atoms. The predicted octanol–water partition coefficient (Wildman–Crippen LogP) is 2.77. The molecule has 7 heteroatoms. The third kappa shape index (κ3) is 3.56. The first-order valence-electron chi connectivity index (χ1n) is 5.26. The number of hydrogen-bond donors (Lipinski definition) is 0. The van der Waals surface area contributed by atoms with E-state index >= 15 is 0 Å². The molecule has 1 fully saturated rings. The lowest BCUT2D eigenvalue weighted by molar-refractivity contribution is -0.141. The average Bonchev–Trinajstić information content (AvgIpc) is 2.95. The molecule has 0 unspecified atom stereocenters. The molecule has 1 heterocycles. The summed E-state index contributed by atoms with van der Waals surface area (Å²) in [6.07, 6.45) is 2.75. The number of carbonyl (C=O) groups is 1. The van der Waals surface area contributed by atoms with Crippen molar-refractivity contribution in [2.75, 3.05) is 12.9 Å². The SMILES string of the molecule is COC(=O)CC1(CSCc2nnsc2Cl)CC1. The van der Waals surface area contributed by atoms with Crippen LogP contribution in [0.4, 0.5) is 0 Å². The smallest absolute Gasteiger partial charge is 0.306 e. The van der Waals surface area contributed by atoms with Crippen LogP contribution in [0.1, 0.15) is 25.0 Å². The Morgan fingerprint density at radius 1 is 1.65 bits per heavy atom. The third-order valence-electron chi connectivity index (χ3n) is 2.86. The number of nitrogens with zero attached hydrogens (tertiary/aromatic N) is 2. The van der Waals surface area contributed by atoms with E-state index in [1.165, 1.54) is 18.6 Å². The normalized spacial score (nSPS) is 16.8. The highest BCUT2D eigenvalue weighted by atomic mass is 35.5. The molecule has 1 saturated carbocycles. The summed E-state index contributed by atoms with van der Waals surface area (Å²) in [5, 5.41) is 3.96. The zero-order chi connectivity index (χ0) is 12.3. The van der Waals surface area contributed by atoms with Crippen molar-refractivity contribution < 1.29 is 9.53 Å². The van der Waals surface area contributed by atoms with Gasteiger partial charge in [0, 0.05) is 17.3 Å². The lowest BCUT2D eigenvalue weighted by Gasteiger charge is -2.12. The fourth-order valence-electron chi connectivity index (χ4n) is 1.57. The Morgan fingerprint density at radius 3 is 2.94 bits per heavy atom. The first-order chi connectivity index (χ1) is 8.15. The number of halogens is 1. The van der Waals surface area contributed by atoms with Gasteiger partial charge in [0.05, 0.1) is 13.5 Å². The summed E-state index contributed by atoms with van der Waals surface area (Å²) in [4.78, 5) is 11.2. The molecule has 1 aliphatic rings. The van der Waals surface area contributed by atoms with E-state index < -0.39 is 0 Å². The Hall–Kier alpha value is -0.330. The van der Waals surface area contributed by atoms with Gasteiger partial charge in [0.1, 0.15) is 10.0 Å². The van der Waals surface area contributed by atoms with Gasteiger partial charge in [-0.2, -0.15) is 11.8 Å². The molecule has 0 saturated heterocycles. The van der Waals surface area contributed by atoms with Gasteiger partial charge < -0.3 is 4.74 Å². The molecule has 2 rings (SSSR count). The molecule has 4 nitrogen and oxygen atoms in total. The monoisotopic (exact) mass is 292 g/mol. The zero-order valence-corrected chi connectivity index (χ0v) is 11.8. The molecule has 1 aromatic rings. The molecule has 17 heavy (non-hydrogen) atoms. The quantitative estimate of drug-likeness (QED) is 0.755. The summed E-state index contributed by atoms with van der Waals surface area (Å²) in [6.45, 7) is 0. The van der Waals surface area contributed by atoms with E-state index in [2.05, 4.69) is 9.59 Å². The topological polar surface area (TPSA) is 52.1 Å². The molecular weight excluding hydrogens is 280 g/mol. The van der Waals surface area contributed by atoms with Crippen LogP contribution in [0.15, 0.2) is 0 Å². The lowest BCUT2D eigenvalue weighted by Crippen LogP contribution is -2.13. The first kappa shape index (κ1) is 13.1. The predicted molar refractivity (Wildman–Crippen MR) is 69.4 cm³/mol. The minimum Gasteiger partial charge on any atom is -0.469 e. The summed E-state index contributed by atoms with van der Waals surface area (Å²) < 4.78 is 9.16. The van der Waals surface area contributed by atoms with Crippen molar-refractivity contribution in [2.24, 2.45) is 5.41 Å². The maximum absolute atomic E-state index is 11.2. The van der Waals surface area contributed by atoms with E-state index in [0.717, 1.165) is 30.0 Å². The Balaban J connectivity index is 1.75. The molecule has 1 aliphatic carbocycles. The number of carbonyl (C=O) groups excluding carboxylic acids is 1. The zero-order valence-electron chi connectivity index (χ0n) is 9.44. The second kappa shape index (κ2) is 5.54. The van der Waals surface area contributed by atoms with E-state index in [9.17, 15) is 4.79 Å². The summed E-state index contributed by atoms with van der Waals surface area (Å²) in [7, 11) is 1.44. The van der Waals surface area contributed by atoms with Gasteiger partial charge in [-0.3, -0.25) is 4.79 Å². The summed E-state index contributed by atoms with van der Waals surface area (Å²) in [5.74, 6) is 1.60. The number of methoxy groups -OCH3 is 1. The fourth-order valence-corrected chi connectivity index (χ4v) is 3.69. The van der Waals surface area contributed by atoms with Crippen molar-refractivity contribution in [3.05, 3.63) is 10.0 Å². The van der Waals surface area contributed by atoms with Crippen LogP contribution in [0.2, 0.25) is 4.34 Å². The van der Waals surface area contributed by atoms with Crippen molar-refractivity contribution in [3.8, 4) is 0 Å². The molecule has 0 aliphatic heterocycles. The van der Waals surface area contributed by atoms with Crippen LogP contribution in [-0.2, 0) is 15.3 Å². The highest BCUT2D eigenvalue weighted by Crippen LogP contribution is 2.51. The minimum atomic E-state index is -0.114. The van der Waals surface area contributed by atoms with Gasteiger partial charge in [-0.15, -0.1) is 5.10 Å². The summed E-state index contributed by atoms with van der Waals surface area (Å²) in [6, 6.07) is 0. The van der Waals surface area contributed by atoms with Crippen molar-refractivity contribution in [3.63, 3.8) is 0 Å². The van der Waals surface area contributed by atoms with Crippen molar-refractivity contribution in [1.82, 2.24) is 9.59 Å². The van der Waals surface area contributed by atoms with Crippen LogP contribution in [-0.4, -0.2) is 28.4 Å². The molecule has 0 N–H and O–H groups in total. The number of esters is 1. The Labute approximate surface area is 113 Å². The van der Waals surface area contributed by atoms with Crippen molar-refractivity contribution >= 4 is 40.9 Å². The highest BCUT2D eigenvalue weighted by Gasteiger charge is 2.44. The molecule has 0 aromatic carbocycles. The molecule has 1 aromatic heterocycles. The van der Waals surface area contributed by atoms with E-state index in [-0.39, 0.29) is 11.4 Å². The molecule has 0 radical (unpaired) electrons. The number of hydrogen-bond acceptors (Lipinski definition) is 6. The van der Waals surface area contributed by atoms with E-state index in [4.69, 9.17) is 16.3 Å². The molecular formula is C10H13ClN2O2S2. The fraction of sp³-hybridized carbons (Fsp3) is 0.700. The van der Waals surface area contributed by atoms with Gasteiger partial charge in [-0.25, -0.2) is 0 Å². The summed E-state index contributed by atoms with van der Waals surface area (Å²) >= 11 is 8.89. The standard InChI is InChI=1S/C10H13ClN2O2S2/c1-15-8(14)4-10(2-3-10)6-16-5-7-9(11)17-13-12-7/h2-6H2,1H3. The van der Waals surface area contributed by atoms with Crippen molar-refractivity contribution in [2.45, 2.75) is 25.0 Å². The number of ether oxygens (including phenoxy) is 1. The van der Waals surface area contributed by atoms with Crippen LogP contribution in [0.3, 0.4) is 0 Å². The number of aromatic nitrogens is 2. The first-order valence-corrected chi connectivity index (χ1v) is 7.57. The minimum absolute atomic E-state index is 0.114. The highest BCUT2D eigenvalue weighted by molar-refractivity contribution is 7.98. The van der Waals surface area contributed by atoms with Gasteiger partial charge in [0.25, 0.3) is 0 Å². The van der Waals surface area contributed by atoms with Crippen LogP contribution >= 0.6 is 34.9 Å². The molecule has 0 amide bonds. The van der Waals surface area contributed by atoms with E-state index in [1.807, 2.05) is 0 Å². The third-order valence-corrected chi connectivity index (χ3v) is 5.14. The maximum atomic E-state index is 11.2. The average molecular weight is 293 g/mol.